The van der Waals surface area contributed by atoms with Crippen LogP contribution in [0, 0.1) is 0 Å². The van der Waals surface area contributed by atoms with Gasteiger partial charge in [-0.1, -0.05) is 26.7 Å². The zero-order valence-corrected chi connectivity index (χ0v) is 13.8. The molecule has 0 aliphatic heterocycles. The molecule has 7 heteroatoms. The van der Waals surface area contributed by atoms with Crippen molar-refractivity contribution in [1.29, 1.82) is 0 Å². The number of nitrogens with zero attached hydrogens (tertiary/aromatic N) is 2. The normalized spacial score (nSPS) is 11.4. The number of benzene rings is 1. The molecule has 20 heavy (non-hydrogen) atoms. The average Bonchev–Trinajstić information content (AvgIpc) is 2.86. The monoisotopic (exact) mass is 326 g/mol. The van der Waals surface area contributed by atoms with Gasteiger partial charge in [0.05, 0.1) is 17.0 Å². The summed E-state index contributed by atoms with van der Waals surface area (Å²) in [6, 6.07) is 9.51. The molecule has 0 aliphatic carbocycles. The van der Waals surface area contributed by atoms with E-state index in [1.807, 2.05) is 30.3 Å². The van der Waals surface area contributed by atoms with E-state index in [9.17, 15) is 4.79 Å². The fourth-order valence-electron chi connectivity index (χ4n) is 1.31. The summed E-state index contributed by atoms with van der Waals surface area (Å²) in [5.41, 5.74) is 0.842. The van der Waals surface area contributed by atoms with Crippen LogP contribution in [0.4, 0.5) is 10.5 Å². The minimum atomic E-state index is 0.0204. The summed E-state index contributed by atoms with van der Waals surface area (Å²) in [4.78, 5) is 17.7. The number of hydrogen-bond donors (Lipinski definition) is 0. The Balaban J connectivity index is 2.19. The van der Waals surface area contributed by atoms with Gasteiger partial charge in [0.1, 0.15) is 10.4 Å². The highest BCUT2D eigenvalue weighted by molar-refractivity contribution is 8.15. The minimum Gasteiger partial charge on any atom is -0.497 e. The molecule has 0 aliphatic rings. The van der Waals surface area contributed by atoms with Crippen molar-refractivity contribution in [1.82, 2.24) is 4.90 Å². The summed E-state index contributed by atoms with van der Waals surface area (Å²) >= 11 is 1.22. The SMILES string of the molecule is COc1cccc(N=c2cc(SC(=O)N(C)C)ss2)c1. The molecule has 106 valence electrons. The molecule has 4 nitrogen and oxygen atoms in total. The lowest BCUT2D eigenvalue weighted by atomic mass is 10.3. The van der Waals surface area contributed by atoms with Gasteiger partial charge in [-0.25, -0.2) is 4.99 Å². The van der Waals surface area contributed by atoms with Gasteiger partial charge in [0, 0.05) is 20.2 Å². The Morgan fingerprint density at radius 1 is 1.30 bits per heavy atom. The van der Waals surface area contributed by atoms with Gasteiger partial charge in [-0.2, -0.15) is 0 Å². The van der Waals surface area contributed by atoms with Crippen LogP contribution in [0.15, 0.2) is 39.5 Å². The number of amides is 1. The van der Waals surface area contributed by atoms with E-state index >= 15 is 0 Å². The molecule has 2 rings (SSSR count). The Labute approximate surface area is 129 Å². The fraction of sp³-hybridized carbons (Fsp3) is 0.231. The second-order valence-electron chi connectivity index (χ2n) is 4.04. The van der Waals surface area contributed by atoms with Crippen LogP contribution < -0.4 is 9.41 Å². The maximum atomic E-state index is 11.6. The number of carbonyl (C=O) groups is 1. The Kier molecular flexibility index (Phi) is 5.22. The molecule has 0 saturated heterocycles. The van der Waals surface area contributed by atoms with Gasteiger partial charge in [-0.3, -0.25) is 4.79 Å². The highest BCUT2D eigenvalue weighted by atomic mass is 32.9. The molecule has 0 atom stereocenters. The van der Waals surface area contributed by atoms with E-state index in [0.717, 1.165) is 20.3 Å². The average molecular weight is 326 g/mol. The predicted molar refractivity (Wildman–Crippen MR) is 85.4 cm³/mol. The molecular formula is C13H14N2O2S3. The first-order valence-corrected chi connectivity index (χ1v) is 8.73. The quantitative estimate of drug-likeness (QED) is 0.636. The van der Waals surface area contributed by atoms with Gasteiger partial charge in [0.2, 0.25) is 0 Å². The molecule has 1 heterocycles. The largest absolute Gasteiger partial charge is 0.497 e. The van der Waals surface area contributed by atoms with Crippen LogP contribution in [-0.2, 0) is 0 Å². The molecule has 2 aromatic rings. The lowest BCUT2D eigenvalue weighted by Crippen LogP contribution is -2.15. The first-order chi connectivity index (χ1) is 9.58. The number of hydrogen-bond acceptors (Lipinski definition) is 6. The van der Waals surface area contributed by atoms with Crippen LogP contribution in [0.2, 0.25) is 0 Å². The zero-order chi connectivity index (χ0) is 14.5. The third-order valence-electron chi connectivity index (χ3n) is 2.30. The van der Waals surface area contributed by atoms with Gasteiger partial charge < -0.3 is 9.64 Å². The van der Waals surface area contributed by atoms with Crippen LogP contribution in [0.5, 0.6) is 5.75 Å². The Bertz CT molecular complexity index is 661. The van der Waals surface area contributed by atoms with Crippen molar-refractivity contribution in [3.05, 3.63) is 35.0 Å². The van der Waals surface area contributed by atoms with E-state index < -0.39 is 0 Å². The van der Waals surface area contributed by atoms with Crippen molar-refractivity contribution in [3.8, 4) is 5.75 Å². The summed E-state index contributed by atoms with van der Waals surface area (Å²) < 4.78 is 7.01. The summed E-state index contributed by atoms with van der Waals surface area (Å²) in [6.07, 6.45) is 0. The van der Waals surface area contributed by atoms with Crippen molar-refractivity contribution in [2.45, 2.75) is 4.21 Å². The molecular weight excluding hydrogens is 312 g/mol. The number of ether oxygens (including phenoxy) is 1. The van der Waals surface area contributed by atoms with Gasteiger partial charge >= 0.3 is 0 Å². The van der Waals surface area contributed by atoms with Crippen LogP contribution >= 0.6 is 32.4 Å². The second-order valence-corrected chi connectivity index (χ2v) is 7.49. The van der Waals surface area contributed by atoms with Gasteiger partial charge in [0.15, 0.2) is 0 Å². The van der Waals surface area contributed by atoms with E-state index in [1.54, 1.807) is 46.8 Å². The van der Waals surface area contributed by atoms with Crippen LogP contribution in [0.25, 0.3) is 0 Å². The van der Waals surface area contributed by atoms with E-state index in [2.05, 4.69) is 4.99 Å². The van der Waals surface area contributed by atoms with E-state index in [-0.39, 0.29) is 5.24 Å². The maximum absolute atomic E-state index is 11.6. The van der Waals surface area contributed by atoms with Crippen molar-refractivity contribution in [2.75, 3.05) is 21.2 Å². The van der Waals surface area contributed by atoms with Crippen molar-refractivity contribution >= 4 is 43.4 Å². The smallest absolute Gasteiger partial charge is 0.286 e. The van der Waals surface area contributed by atoms with E-state index in [1.165, 1.54) is 11.8 Å². The van der Waals surface area contributed by atoms with E-state index in [0.29, 0.717) is 0 Å². The van der Waals surface area contributed by atoms with Crippen LogP contribution in [0.1, 0.15) is 0 Å². The third-order valence-corrected chi connectivity index (χ3v) is 6.02. The molecule has 0 saturated carbocycles. The van der Waals surface area contributed by atoms with Gasteiger partial charge in [0.25, 0.3) is 5.24 Å². The fourth-order valence-corrected chi connectivity index (χ4v) is 4.49. The summed E-state index contributed by atoms with van der Waals surface area (Å²) in [5, 5.41) is 0.0204. The molecule has 0 bridgehead atoms. The standard InChI is InChI=1S/C13H14N2O2S3/c1-15(2)13(16)18-12-8-11(19-20-12)14-9-5-4-6-10(7-9)17-3/h4-8H,1-3H3. The lowest BCUT2D eigenvalue weighted by Gasteiger charge is -2.06. The minimum absolute atomic E-state index is 0.0204. The summed E-state index contributed by atoms with van der Waals surface area (Å²) in [7, 11) is 8.23. The molecule has 0 spiro atoms. The molecule has 0 fully saturated rings. The molecule has 1 aromatic carbocycles. The molecule has 1 aromatic heterocycles. The Morgan fingerprint density at radius 2 is 2.10 bits per heavy atom. The molecule has 0 N–H and O–H groups in total. The number of methoxy groups -OCH3 is 1. The summed E-state index contributed by atoms with van der Waals surface area (Å²) in [6.45, 7) is 0. The van der Waals surface area contributed by atoms with Crippen LogP contribution in [-0.4, -0.2) is 31.3 Å². The topological polar surface area (TPSA) is 41.9 Å². The zero-order valence-electron chi connectivity index (χ0n) is 11.3. The van der Waals surface area contributed by atoms with Crippen LogP contribution in [0.3, 0.4) is 0 Å². The van der Waals surface area contributed by atoms with Gasteiger partial charge in [-0.15, -0.1) is 0 Å². The van der Waals surface area contributed by atoms with Crippen molar-refractivity contribution in [2.24, 2.45) is 4.99 Å². The van der Waals surface area contributed by atoms with E-state index in [4.69, 9.17) is 4.74 Å². The highest BCUT2D eigenvalue weighted by Gasteiger charge is 2.08. The number of rotatable bonds is 3. The molecule has 0 radical (unpaired) electrons. The second kappa shape index (κ2) is 6.92. The Morgan fingerprint density at radius 3 is 2.80 bits per heavy atom. The van der Waals surface area contributed by atoms with Crippen molar-refractivity contribution in [3.63, 3.8) is 0 Å². The van der Waals surface area contributed by atoms with Gasteiger partial charge in [-0.05, 0) is 30.0 Å². The maximum Gasteiger partial charge on any atom is 0.286 e. The predicted octanol–water partition coefficient (Wildman–Crippen LogP) is 3.82. The third kappa shape index (κ3) is 4.09. The number of carbonyl (C=O) groups excluding carboxylic acids is 1. The first-order valence-electron chi connectivity index (χ1n) is 5.76. The highest BCUT2D eigenvalue weighted by Crippen LogP contribution is 2.27. The molecule has 1 amide bonds. The Hall–Kier alpha value is -1.31. The first kappa shape index (κ1) is 15.1. The summed E-state index contributed by atoms with van der Waals surface area (Å²) in [5.74, 6) is 0.781. The number of thioether (sulfide) groups is 1. The molecule has 0 unspecified atom stereocenters. The lowest BCUT2D eigenvalue weighted by molar-refractivity contribution is 0.241. The van der Waals surface area contributed by atoms with Crippen molar-refractivity contribution < 1.29 is 9.53 Å².